The third kappa shape index (κ3) is 8.03. The van der Waals surface area contributed by atoms with Crippen LogP contribution in [0.2, 0.25) is 5.02 Å². The lowest BCUT2D eigenvalue weighted by atomic mass is 10.0. The van der Waals surface area contributed by atoms with Gasteiger partial charge in [0, 0.05) is 24.5 Å². The summed E-state index contributed by atoms with van der Waals surface area (Å²) >= 11 is 6.08. The monoisotopic (exact) mass is 476 g/mol. The van der Waals surface area contributed by atoms with Crippen molar-refractivity contribution in [3.05, 3.63) is 107 Å². The van der Waals surface area contributed by atoms with Gasteiger partial charge in [-0.3, -0.25) is 9.59 Å². The topological polar surface area (TPSA) is 49.4 Å². The minimum atomic E-state index is -0.615. The van der Waals surface area contributed by atoms with Gasteiger partial charge >= 0.3 is 0 Å². The summed E-state index contributed by atoms with van der Waals surface area (Å²) < 4.78 is 0. The minimum absolute atomic E-state index is 0.0780. The first kappa shape index (κ1) is 25.5. The second-order valence-electron chi connectivity index (χ2n) is 8.51. The SMILES string of the molecule is CCCCCNC(=O)C(Cc1ccccc1)N(Cc1ccc(Cl)cc1)C(=O)Cc1ccccc1. The summed E-state index contributed by atoms with van der Waals surface area (Å²) in [7, 11) is 0. The Kier molecular flexibility index (Phi) is 10.2. The Hall–Kier alpha value is -3.11. The highest BCUT2D eigenvalue weighted by Gasteiger charge is 2.30. The molecule has 5 heteroatoms. The quantitative estimate of drug-likeness (QED) is 0.334. The van der Waals surface area contributed by atoms with Crippen molar-refractivity contribution in [2.45, 2.75) is 51.6 Å². The lowest BCUT2D eigenvalue weighted by molar-refractivity contribution is -0.140. The Labute approximate surface area is 207 Å². The first-order chi connectivity index (χ1) is 16.6. The van der Waals surface area contributed by atoms with Crippen LogP contribution in [-0.4, -0.2) is 29.3 Å². The van der Waals surface area contributed by atoms with Crippen molar-refractivity contribution < 1.29 is 9.59 Å². The fourth-order valence-electron chi connectivity index (χ4n) is 3.92. The van der Waals surface area contributed by atoms with Crippen LogP contribution in [0.25, 0.3) is 0 Å². The molecule has 0 aliphatic heterocycles. The molecule has 0 radical (unpaired) electrons. The van der Waals surface area contributed by atoms with Gasteiger partial charge in [0.2, 0.25) is 11.8 Å². The molecule has 0 fully saturated rings. The summed E-state index contributed by atoms with van der Waals surface area (Å²) in [5.41, 5.74) is 2.88. The second kappa shape index (κ2) is 13.6. The van der Waals surface area contributed by atoms with E-state index in [1.807, 2.05) is 84.9 Å². The molecule has 0 heterocycles. The molecule has 0 aliphatic rings. The lowest BCUT2D eigenvalue weighted by Crippen LogP contribution is -2.51. The zero-order valence-corrected chi connectivity index (χ0v) is 20.5. The Morgan fingerprint density at radius 1 is 0.824 bits per heavy atom. The summed E-state index contributed by atoms with van der Waals surface area (Å²) in [6, 6.07) is 26.4. The van der Waals surface area contributed by atoms with Gasteiger partial charge in [0.05, 0.1) is 6.42 Å². The molecule has 1 N–H and O–H groups in total. The Bertz CT molecular complexity index is 1020. The van der Waals surface area contributed by atoms with E-state index in [9.17, 15) is 9.59 Å². The molecule has 0 aromatic heterocycles. The third-order valence-corrected chi connectivity index (χ3v) is 6.07. The van der Waals surface area contributed by atoms with Crippen molar-refractivity contribution in [3.63, 3.8) is 0 Å². The molecule has 1 atom stereocenters. The minimum Gasteiger partial charge on any atom is -0.354 e. The smallest absolute Gasteiger partial charge is 0.243 e. The van der Waals surface area contributed by atoms with Gasteiger partial charge in [-0.05, 0) is 35.2 Å². The number of carbonyl (C=O) groups is 2. The molecule has 3 aromatic rings. The molecular weight excluding hydrogens is 444 g/mol. The standard InChI is InChI=1S/C29H33ClN2O2/c1-2-3-10-19-31-29(34)27(20-23-11-6-4-7-12-23)32(22-25-15-17-26(30)18-16-25)28(33)21-24-13-8-5-9-14-24/h4-9,11-18,27H,2-3,10,19-22H2,1H3,(H,31,34). The van der Waals surface area contributed by atoms with Gasteiger partial charge in [-0.15, -0.1) is 0 Å². The fourth-order valence-corrected chi connectivity index (χ4v) is 4.04. The number of nitrogens with zero attached hydrogens (tertiary/aromatic N) is 1. The van der Waals surface area contributed by atoms with Crippen LogP contribution < -0.4 is 5.32 Å². The fraction of sp³-hybridized carbons (Fsp3) is 0.310. The van der Waals surface area contributed by atoms with Gasteiger partial charge in [-0.25, -0.2) is 0 Å². The summed E-state index contributed by atoms with van der Waals surface area (Å²) in [4.78, 5) is 28.8. The molecule has 3 aromatic carbocycles. The van der Waals surface area contributed by atoms with Gasteiger partial charge in [0.1, 0.15) is 6.04 Å². The maximum atomic E-state index is 13.6. The normalized spacial score (nSPS) is 11.6. The van der Waals surface area contributed by atoms with Gasteiger partial charge in [-0.2, -0.15) is 0 Å². The van der Waals surface area contributed by atoms with E-state index in [1.165, 1.54) is 0 Å². The van der Waals surface area contributed by atoms with Gasteiger partial charge < -0.3 is 10.2 Å². The lowest BCUT2D eigenvalue weighted by Gasteiger charge is -2.32. The molecule has 0 bridgehead atoms. The average Bonchev–Trinajstić information content (AvgIpc) is 2.86. The summed E-state index contributed by atoms with van der Waals surface area (Å²) in [6.45, 7) is 3.08. The first-order valence-electron chi connectivity index (χ1n) is 12.0. The molecule has 34 heavy (non-hydrogen) atoms. The molecule has 1 unspecified atom stereocenters. The van der Waals surface area contributed by atoms with Crippen LogP contribution in [0.1, 0.15) is 42.9 Å². The number of nitrogens with one attached hydrogen (secondary N) is 1. The van der Waals surface area contributed by atoms with E-state index in [4.69, 9.17) is 11.6 Å². The predicted octanol–water partition coefficient (Wildman–Crippen LogP) is 5.83. The summed E-state index contributed by atoms with van der Waals surface area (Å²) in [6.07, 6.45) is 3.76. The van der Waals surface area contributed by atoms with E-state index < -0.39 is 6.04 Å². The van der Waals surface area contributed by atoms with Crippen molar-refractivity contribution in [2.75, 3.05) is 6.54 Å². The van der Waals surface area contributed by atoms with E-state index in [0.717, 1.165) is 36.0 Å². The van der Waals surface area contributed by atoms with Crippen molar-refractivity contribution in [1.82, 2.24) is 10.2 Å². The van der Waals surface area contributed by atoms with Gasteiger partial charge in [0.15, 0.2) is 0 Å². The van der Waals surface area contributed by atoms with E-state index in [1.54, 1.807) is 4.90 Å². The maximum Gasteiger partial charge on any atom is 0.243 e. The summed E-state index contributed by atoms with van der Waals surface area (Å²) in [5.74, 6) is -0.193. The number of halogens is 1. The highest BCUT2D eigenvalue weighted by molar-refractivity contribution is 6.30. The molecule has 178 valence electrons. The predicted molar refractivity (Wildman–Crippen MR) is 139 cm³/mol. The summed E-state index contributed by atoms with van der Waals surface area (Å²) in [5, 5.41) is 3.72. The van der Waals surface area contributed by atoms with E-state index in [-0.39, 0.29) is 18.2 Å². The van der Waals surface area contributed by atoms with Gasteiger partial charge in [0.25, 0.3) is 0 Å². The Morgan fingerprint density at radius 3 is 2.06 bits per heavy atom. The van der Waals surface area contributed by atoms with Crippen LogP contribution >= 0.6 is 11.6 Å². The number of carbonyl (C=O) groups excluding carboxylic acids is 2. The molecule has 0 saturated carbocycles. The van der Waals surface area contributed by atoms with Crippen LogP contribution in [0.3, 0.4) is 0 Å². The van der Waals surface area contributed by atoms with Crippen LogP contribution in [0, 0.1) is 0 Å². The first-order valence-corrected chi connectivity index (χ1v) is 12.3. The number of rotatable bonds is 12. The molecule has 4 nitrogen and oxygen atoms in total. The van der Waals surface area contributed by atoms with Crippen LogP contribution in [-0.2, 0) is 29.0 Å². The van der Waals surface area contributed by atoms with Crippen LogP contribution in [0.15, 0.2) is 84.9 Å². The highest BCUT2D eigenvalue weighted by atomic mass is 35.5. The Morgan fingerprint density at radius 2 is 1.44 bits per heavy atom. The zero-order valence-electron chi connectivity index (χ0n) is 19.8. The Balaban J connectivity index is 1.89. The number of hydrogen-bond acceptors (Lipinski definition) is 2. The van der Waals surface area contributed by atoms with E-state index in [2.05, 4.69) is 12.2 Å². The molecule has 0 saturated heterocycles. The van der Waals surface area contributed by atoms with Gasteiger partial charge in [-0.1, -0.05) is 104 Å². The average molecular weight is 477 g/mol. The van der Waals surface area contributed by atoms with E-state index in [0.29, 0.717) is 24.5 Å². The zero-order chi connectivity index (χ0) is 24.2. The van der Waals surface area contributed by atoms with Crippen molar-refractivity contribution in [3.8, 4) is 0 Å². The van der Waals surface area contributed by atoms with Crippen molar-refractivity contribution in [2.24, 2.45) is 0 Å². The number of benzene rings is 3. The number of unbranched alkanes of at least 4 members (excludes halogenated alkanes) is 2. The van der Waals surface area contributed by atoms with E-state index >= 15 is 0 Å². The van der Waals surface area contributed by atoms with Crippen molar-refractivity contribution in [1.29, 1.82) is 0 Å². The molecule has 2 amide bonds. The molecule has 3 rings (SSSR count). The second-order valence-corrected chi connectivity index (χ2v) is 8.95. The highest BCUT2D eigenvalue weighted by Crippen LogP contribution is 2.18. The number of hydrogen-bond donors (Lipinski definition) is 1. The third-order valence-electron chi connectivity index (χ3n) is 5.82. The maximum absolute atomic E-state index is 13.6. The molecule has 0 aliphatic carbocycles. The number of amides is 2. The molecule has 0 spiro atoms. The van der Waals surface area contributed by atoms with Crippen LogP contribution in [0.4, 0.5) is 0 Å². The molecular formula is C29H33ClN2O2. The van der Waals surface area contributed by atoms with Crippen LogP contribution in [0.5, 0.6) is 0 Å². The van der Waals surface area contributed by atoms with Crippen molar-refractivity contribution >= 4 is 23.4 Å². The largest absolute Gasteiger partial charge is 0.354 e.